The minimum absolute atomic E-state index is 0.625. The SMILES string of the molecule is c1ccc(-c2ccc(-c3nc(-n4c5ccccc5c5c6c7ccc(-c8ccc9ccc(-c%10nc(-n%11c%12ccccc%12c%12c%13c%14ccccc%14n%14c%15cc%16ccccc%16cc%15c(cc%12%11)c%13%14)nc%11ccc%12ccccc%12c%10%11)cc9c8)cc7n7c8cc9ccccc9cc8c(cc54)c67)nc4ccc5ccccc5c34)cc2)cc1. The smallest absolute Gasteiger partial charge is 0.235 e. The molecule has 0 aliphatic heterocycles. The summed E-state index contributed by atoms with van der Waals surface area (Å²) in [7, 11) is 0. The Morgan fingerprint density at radius 2 is 0.555 bits per heavy atom. The molecule has 0 radical (unpaired) electrons. The van der Waals surface area contributed by atoms with Crippen molar-refractivity contribution in [1.82, 2.24) is 37.9 Å². The largest absolute Gasteiger partial charge is 0.308 e. The van der Waals surface area contributed by atoms with E-state index in [1.807, 2.05) is 0 Å². The van der Waals surface area contributed by atoms with Crippen molar-refractivity contribution >= 4 is 195 Å². The maximum Gasteiger partial charge on any atom is 0.235 e. The predicted octanol–water partition coefficient (Wildman–Crippen LogP) is 26.5. The first kappa shape index (κ1) is 58.4. The second-order valence-corrected chi connectivity index (χ2v) is 30.0. The quantitative estimate of drug-likeness (QED) is 0.156. The van der Waals surface area contributed by atoms with E-state index in [9.17, 15) is 0 Å². The predicted molar refractivity (Wildman–Crippen MR) is 460 cm³/mol. The highest BCUT2D eigenvalue weighted by Crippen LogP contribution is 2.51. The molecule has 0 saturated heterocycles. The van der Waals surface area contributed by atoms with Gasteiger partial charge in [0.15, 0.2) is 0 Å². The third-order valence-corrected chi connectivity index (χ3v) is 24.3. The van der Waals surface area contributed by atoms with Crippen LogP contribution in [-0.2, 0) is 0 Å². The molecule has 18 aromatic carbocycles. The first-order valence-electron chi connectivity index (χ1n) is 37.7. The summed E-state index contributed by atoms with van der Waals surface area (Å²) in [4.78, 5) is 23.0. The minimum Gasteiger partial charge on any atom is -0.308 e. The molecule has 26 aromatic rings. The van der Waals surface area contributed by atoms with Crippen molar-refractivity contribution in [3.63, 3.8) is 0 Å². The summed E-state index contributed by atoms with van der Waals surface area (Å²) >= 11 is 0. The standard InChI is InChI=1S/C102H56N8/c1-2-18-57(19-3-1)58-34-38-62(39-35-58)97-91-71-26-10-8-20-60(71)43-46-81(91)103-101(105-97)109-85-33-17-13-29-74(85)94-90(109)56-80-78-51-64-23-5-7-25-66(64)53-88(78)108-86-54-68(42-45-76(86)96(94)100(80)108)67-40-36-59-37-41-69(49-70(59)48-67)98-92-72-27-11-9-21-61(72)44-47-82(92)104-102(106-98)110-84-32-16-12-28-73(84)93-89(110)55-79-77-50-63-22-4-6-24-65(63)52-87(77)107-83-31-15-14-30-75(83)95(93)99(79)107/h1-56H. The Morgan fingerprint density at radius 1 is 0.173 bits per heavy atom. The van der Waals surface area contributed by atoms with Gasteiger partial charge in [-0.1, -0.05) is 255 Å². The summed E-state index contributed by atoms with van der Waals surface area (Å²) in [5, 5.41) is 28.1. The topological polar surface area (TPSA) is 70.2 Å². The molecule has 0 aliphatic rings. The van der Waals surface area contributed by atoms with E-state index in [0.29, 0.717) is 11.9 Å². The molecule has 0 fully saturated rings. The van der Waals surface area contributed by atoms with Crippen molar-refractivity contribution in [2.75, 3.05) is 0 Å². The van der Waals surface area contributed by atoms with Crippen LogP contribution in [-0.4, -0.2) is 37.9 Å². The highest BCUT2D eigenvalue weighted by atomic mass is 15.2. The summed E-state index contributed by atoms with van der Waals surface area (Å²) < 4.78 is 9.73. The number of fused-ring (bicyclic) bond motifs is 29. The Balaban J connectivity index is 0.677. The number of hydrogen-bond acceptors (Lipinski definition) is 4. The summed E-state index contributed by atoms with van der Waals surface area (Å²) in [6, 6.07) is 125. The maximum atomic E-state index is 5.90. The van der Waals surface area contributed by atoms with Gasteiger partial charge in [-0.05, 0) is 161 Å². The van der Waals surface area contributed by atoms with Crippen LogP contribution in [0.3, 0.4) is 0 Å². The highest BCUT2D eigenvalue weighted by molar-refractivity contribution is 6.38. The highest BCUT2D eigenvalue weighted by Gasteiger charge is 2.30. The lowest BCUT2D eigenvalue weighted by Crippen LogP contribution is -2.04. The molecule has 8 aromatic heterocycles. The van der Waals surface area contributed by atoms with Crippen molar-refractivity contribution in [2.45, 2.75) is 0 Å². The molecule has 0 atom stereocenters. The first-order valence-corrected chi connectivity index (χ1v) is 37.7. The molecule has 0 unspecified atom stereocenters. The third kappa shape index (κ3) is 7.86. The van der Waals surface area contributed by atoms with Gasteiger partial charge < -0.3 is 8.80 Å². The molecule has 8 heterocycles. The average molecular weight is 1390 g/mol. The van der Waals surface area contributed by atoms with Crippen LogP contribution in [0, 0.1) is 0 Å². The van der Waals surface area contributed by atoms with Crippen molar-refractivity contribution in [3.05, 3.63) is 340 Å². The second kappa shape index (κ2) is 21.4. The first-order chi connectivity index (χ1) is 54.5. The fourth-order valence-electron chi connectivity index (χ4n) is 19.5. The zero-order valence-corrected chi connectivity index (χ0v) is 58.9. The summed E-state index contributed by atoms with van der Waals surface area (Å²) in [5.74, 6) is 1.25. The van der Waals surface area contributed by atoms with E-state index in [-0.39, 0.29) is 0 Å². The van der Waals surface area contributed by atoms with Crippen LogP contribution in [0.5, 0.6) is 0 Å². The van der Waals surface area contributed by atoms with E-state index < -0.39 is 0 Å². The Kier molecular flexibility index (Phi) is 11.4. The van der Waals surface area contributed by atoms with Crippen LogP contribution in [0.25, 0.3) is 252 Å². The Morgan fingerprint density at radius 3 is 1.12 bits per heavy atom. The Hall–Kier alpha value is -14.9. The Bertz CT molecular complexity index is 8590. The fourth-order valence-corrected chi connectivity index (χ4v) is 19.5. The molecule has 0 bridgehead atoms. The van der Waals surface area contributed by atoms with Gasteiger partial charge in [0.2, 0.25) is 11.9 Å². The molecule has 0 spiro atoms. The molecule has 504 valence electrons. The molecule has 8 heteroatoms. The zero-order chi connectivity index (χ0) is 71.3. The van der Waals surface area contributed by atoms with Gasteiger partial charge in [0.25, 0.3) is 0 Å². The lowest BCUT2D eigenvalue weighted by atomic mass is 9.96. The normalized spacial score (nSPS) is 12.5. The monoisotopic (exact) mass is 1390 g/mol. The van der Waals surface area contributed by atoms with Crippen molar-refractivity contribution < 1.29 is 0 Å². The van der Waals surface area contributed by atoms with Gasteiger partial charge in [-0.15, -0.1) is 0 Å². The average Bonchev–Trinajstić information content (AvgIpc) is 1.52. The Labute approximate surface area is 625 Å². The molecular formula is C102H56N8. The molecule has 0 amide bonds. The molecule has 0 saturated carbocycles. The van der Waals surface area contributed by atoms with Crippen LogP contribution in [0.2, 0.25) is 0 Å². The van der Waals surface area contributed by atoms with Gasteiger partial charge in [-0.25, -0.2) is 19.9 Å². The molecular weight excluding hydrogens is 1340 g/mol. The lowest BCUT2D eigenvalue weighted by molar-refractivity contribution is 1.01. The van der Waals surface area contributed by atoms with E-state index >= 15 is 0 Å². The number of benzene rings is 18. The number of hydrogen-bond donors (Lipinski definition) is 0. The zero-order valence-electron chi connectivity index (χ0n) is 58.9. The summed E-state index contributed by atoms with van der Waals surface area (Å²) in [5.41, 5.74) is 21.6. The van der Waals surface area contributed by atoms with Crippen molar-refractivity contribution in [2.24, 2.45) is 0 Å². The molecule has 8 nitrogen and oxygen atoms in total. The van der Waals surface area contributed by atoms with E-state index in [0.717, 1.165) is 132 Å². The number of para-hydroxylation sites is 3. The molecule has 110 heavy (non-hydrogen) atoms. The molecule has 0 aliphatic carbocycles. The summed E-state index contributed by atoms with van der Waals surface area (Å²) in [6.45, 7) is 0. The number of aromatic nitrogens is 8. The number of rotatable bonds is 6. The molecule has 26 rings (SSSR count). The van der Waals surface area contributed by atoms with Gasteiger partial charge in [-0.3, -0.25) is 9.13 Å². The molecule has 0 N–H and O–H groups in total. The van der Waals surface area contributed by atoms with Gasteiger partial charge in [0.05, 0.1) is 77.6 Å². The van der Waals surface area contributed by atoms with Crippen molar-refractivity contribution in [1.29, 1.82) is 0 Å². The van der Waals surface area contributed by atoms with Gasteiger partial charge in [0.1, 0.15) is 0 Å². The van der Waals surface area contributed by atoms with E-state index in [2.05, 4.69) is 358 Å². The minimum atomic E-state index is 0.625. The van der Waals surface area contributed by atoms with Gasteiger partial charge in [0, 0.05) is 86.5 Å². The third-order valence-electron chi connectivity index (χ3n) is 24.3. The van der Waals surface area contributed by atoms with Gasteiger partial charge >= 0.3 is 0 Å². The van der Waals surface area contributed by atoms with Crippen molar-refractivity contribution in [3.8, 4) is 56.7 Å². The van der Waals surface area contributed by atoms with Crippen LogP contribution in [0.4, 0.5) is 0 Å². The van der Waals surface area contributed by atoms with Crippen LogP contribution in [0.1, 0.15) is 0 Å². The second-order valence-electron chi connectivity index (χ2n) is 30.0. The fraction of sp³-hybridized carbons (Fsp3) is 0. The lowest BCUT2D eigenvalue weighted by Gasteiger charge is -2.14. The maximum absolute atomic E-state index is 5.90. The van der Waals surface area contributed by atoms with E-state index in [1.54, 1.807) is 0 Å². The number of nitrogens with zero attached hydrogens (tertiary/aromatic N) is 8. The van der Waals surface area contributed by atoms with Crippen LogP contribution >= 0.6 is 0 Å². The van der Waals surface area contributed by atoms with Crippen LogP contribution in [0.15, 0.2) is 340 Å². The van der Waals surface area contributed by atoms with E-state index in [1.165, 1.54) is 109 Å². The summed E-state index contributed by atoms with van der Waals surface area (Å²) in [6.07, 6.45) is 0. The van der Waals surface area contributed by atoms with Gasteiger partial charge in [-0.2, -0.15) is 0 Å². The van der Waals surface area contributed by atoms with E-state index in [4.69, 9.17) is 19.9 Å². The van der Waals surface area contributed by atoms with Crippen LogP contribution < -0.4 is 0 Å².